The normalized spacial score (nSPS) is 24.7. The van der Waals surface area contributed by atoms with Gasteiger partial charge in [0, 0.05) is 12.6 Å². The fraction of sp³-hybridized carbons (Fsp3) is 0.867. The van der Waals surface area contributed by atoms with Crippen LogP contribution in [-0.4, -0.2) is 47.5 Å². The van der Waals surface area contributed by atoms with Crippen molar-refractivity contribution < 1.29 is 10.0 Å². The molecule has 2 fully saturated rings. The van der Waals surface area contributed by atoms with Gasteiger partial charge in [0.15, 0.2) is 5.84 Å². The average molecular weight is 296 g/mol. The Bertz CT molecular complexity index is 385. The van der Waals surface area contributed by atoms with Crippen LogP contribution in [-0.2, 0) is 4.79 Å². The van der Waals surface area contributed by atoms with Gasteiger partial charge >= 0.3 is 0 Å². The van der Waals surface area contributed by atoms with Gasteiger partial charge in [-0.1, -0.05) is 24.4 Å². The predicted octanol–water partition coefficient (Wildman–Crippen LogP) is 1.28. The highest BCUT2D eigenvalue weighted by molar-refractivity contribution is 6.06. The Hall–Kier alpha value is -1.30. The first-order valence-electron chi connectivity index (χ1n) is 8.10. The maximum absolute atomic E-state index is 12.6. The van der Waals surface area contributed by atoms with Gasteiger partial charge in [-0.2, -0.15) is 0 Å². The van der Waals surface area contributed by atoms with E-state index in [0.29, 0.717) is 25.4 Å². The lowest BCUT2D eigenvalue weighted by Crippen LogP contribution is -2.53. The molecule has 120 valence electrons. The number of likely N-dealkylation sites (tertiary alicyclic amines) is 1. The first-order valence-corrected chi connectivity index (χ1v) is 8.10. The molecule has 1 amide bonds. The zero-order valence-electron chi connectivity index (χ0n) is 13.0. The highest BCUT2D eigenvalue weighted by Gasteiger charge is 2.43. The summed E-state index contributed by atoms with van der Waals surface area (Å²) in [5, 5.41) is 15.2. The van der Waals surface area contributed by atoms with Crippen LogP contribution in [0.3, 0.4) is 0 Å². The largest absolute Gasteiger partial charge is 0.409 e. The SMILES string of the molecule is CC(CNC(=O)C1(C(N)=NO)CCCCC1)N1CCCC1. The molecule has 0 spiro atoms. The topological polar surface area (TPSA) is 91.0 Å². The van der Waals surface area contributed by atoms with Gasteiger partial charge in [0.25, 0.3) is 0 Å². The molecular formula is C15H28N4O2. The Balaban J connectivity index is 1.95. The fourth-order valence-electron chi connectivity index (χ4n) is 3.57. The van der Waals surface area contributed by atoms with Crippen molar-refractivity contribution >= 4 is 11.7 Å². The number of hydrogen-bond donors (Lipinski definition) is 3. The number of carbonyl (C=O) groups is 1. The highest BCUT2D eigenvalue weighted by atomic mass is 16.4. The molecule has 2 aliphatic rings. The zero-order chi connectivity index (χ0) is 15.3. The number of hydrogen-bond acceptors (Lipinski definition) is 4. The molecule has 1 heterocycles. The van der Waals surface area contributed by atoms with Gasteiger partial charge in [-0.3, -0.25) is 9.69 Å². The molecule has 1 atom stereocenters. The number of rotatable bonds is 5. The molecule has 0 radical (unpaired) electrons. The summed E-state index contributed by atoms with van der Waals surface area (Å²) in [6.45, 7) is 4.99. The van der Waals surface area contributed by atoms with Crippen molar-refractivity contribution in [1.82, 2.24) is 10.2 Å². The summed E-state index contributed by atoms with van der Waals surface area (Å²) in [4.78, 5) is 15.0. The van der Waals surface area contributed by atoms with Gasteiger partial charge in [0.2, 0.25) is 5.91 Å². The number of nitrogens with zero attached hydrogens (tertiary/aromatic N) is 2. The first-order chi connectivity index (χ1) is 10.1. The van der Waals surface area contributed by atoms with Crippen molar-refractivity contribution in [1.29, 1.82) is 0 Å². The lowest BCUT2D eigenvalue weighted by molar-refractivity contribution is -0.129. The minimum Gasteiger partial charge on any atom is -0.409 e. The number of carbonyl (C=O) groups excluding carboxylic acids is 1. The Labute approximate surface area is 126 Å². The molecule has 0 aromatic rings. The molecule has 0 bridgehead atoms. The molecule has 4 N–H and O–H groups in total. The maximum atomic E-state index is 12.6. The van der Waals surface area contributed by atoms with Crippen LogP contribution in [0.15, 0.2) is 5.16 Å². The first kappa shape index (κ1) is 16.1. The molecule has 1 saturated heterocycles. The van der Waals surface area contributed by atoms with Crippen LogP contribution in [0.25, 0.3) is 0 Å². The molecular weight excluding hydrogens is 268 g/mol. The zero-order valence-corrected chi connectivity index (χ0v) is 13.0. The average Bonchev–Trinajstić information content (AvgIpc) is 3.06. The van der Waals surface area contributed by atoms with E-state index < -0.39 is 5.41 Å². The molecule has 1 saturated carbocycles. The van der Waals surface area contributed by atoms with Gasteiger partial charge in [-0.05, 0) is 45.7 Å². The minimum atomic E-state index is -0.808. The molecule has 21 heavy (non-hydrogen) atoms. The van der Waals surface area contributed by atoms with Crippen molar-refractivity contribution in [3.8, 4) is 0 Å². The Morgan fingerprint density at radius 2 is 1.90 bits per heavy atom. The van der Waals surface area contributed by atoms with Gasteiger partial charge in [0.1, 0.15) is 5.41 Å². The third-order valence-corrected chi connectivity index (χ3v) is 5.06. The molecule has 1 unspecified atom stereocenters. The Morgan fingerprint density at radius 3 is 2.48 bits per heavy atom. The van der Waals surface area contributed by atoms with E-state index in [9.17, 15) is 4.79 Å². The monoisotopic (exact) mass is 296 g/mol. The summed E-state index contributed by atoms with van der Waals surface area (Å²) in [5.41, 5.74) is 5.03. The second-order valence-corrected chi connectivity index (χ2v) is 6.43. The van der Waals surface area contributed by atoms with Crippen molar-refractivity contribution in [3.05, 3.63) is 0 Å². The smallest absolute Gasteiger partial charge is 0.234 e. The summed E-state index contributed by atoms with van der Waals surface area (Å²) < 4.78 is 0. The summed E-state index contributed by atoms with van der Waals surface area (Å²) >= 11 is 0. The molecule has 0 aromatic heterocycles. The van der Waals surface area contributed by atoms with Gasteiger partial charge in [-0.25, -0.2) is 0 Å². The maximum Gasteiger partial charge on any atom is 0.234 e. The second-order valence-electron chi connectivity index (χ2n) is 6.43. The second kappa shape index (κ2) is 7.11. The number of amides is 1. The van der Waals surface area contributed by atoms with Crippen LogP contribution in [0.4, 0.5) is 0 Å². The summed E-state index contributed by atoms with van der Waals surface area (Å²) in [6, 6.07) is 0.337. The van der Waals surface area contributed by atoms with E-state index in [0.717, 1.165) is 32.4 Å². The van der Waals surface area contributed by atoms with E-state index in [2.05, 4.69) is 22.3 Å². The Kier molecular flexibility index (Phi) is 5.45. The van der Waals surface area contributed by atoms with Crippen molar-refractivity contribution in [2.45, 2.75) is 57.9 Å². The fourth-order valence-corrected chi connectivity index (χ4v) is 3.57. The minimum absolute atomic E-state index is 0.0634. The Morgan fingerprint density at radius 1 is 1.29 bits per heavy atom. The lowest BCUT2D eigenvalue weighted by Gasteiger charge is -2.35. The third-order valence-electron chi connectivity index (χ3n) is 5.06. The van der Waals surface area contributed by atoms with E-state index in [1.807, 2.05) is 0 Å². The quantitative estimate of drug-likeness (QED) is 0.308. The van der Waals surface area contributed by atoms with E-state index in [1.54, 1.807) is 0 Å². The summed E-state index contributed by atoms with van der Waals surface area (Å²) in [7, 11) is 0. The number of oxime groups is 1. The van der Waals surface area contributed by atoms with Crippen LogP contribution in [0.5, 0.6) is 0 Å². The van der Waals surface area contributed by atoms with Gasteiger partial charge in [0.05, 0.1) is 0 Å². The summed E-state index contributed by atoms with van der Waals surface area (Å²) in [5.74, 6) is -0.0166. The van der Waals surface area contributed by atoms with E-state index in [1.165, 1.54) is 12.8 Å². The van der Waals surface area contributed by atoms with Crippen LogP contribution < -0.4 is 11.1 Å². The highest BCUT2D eigenvalue weighted by Crippen LogP contribution is 2.36. The van der Waals surface area contributed by atoms with E-state index in [-0.39, 0.29) is 11.7 Å². The van der Waals surface area contributed by atoms with Crippen LogP contribution in [0.1, 0.15) is 51.9 Å². The van der Waals surface area contributed by atoms with Crippen molar-refractivity contribution in [2.75, 3.05) is 19.6 Å². The van der Waals surface area contributed by atoms with E-state index >= 15 is 0 Å². The number of amidine groups is 1. The molecule has 6 nitrogen and oxygen atoms in total. The molecule has 1 aliphatic heterocycles. The lowest BCUT2D eigenvalue weighted by atomic mass is 9.72. The molecule has 6 heteroatoms. The van der Waals surface area contributed by atoms with Crippen molar-refractivity contribution in [3.63, 3.8) is 0 Å². The number of nitrogens with one attached hydrogen (secondary N) is 1. The molecule has 2 rings (SSSR count). The van der Waals surface area contributed by atoms with Crippen LogP contribution in [0.2, 0.25) is 0 Å². The van der Waals surface area contributed by atoms with Crippen LogP contribution >= 0.6 is 0 Å². The molecule has 1 aliphatic carbocycles. The number of nitrogens with two attached hydrogens (primary N) is 1. The van der Waals surface area contributed by atoms with Gasteiger partial charge in [-0.15, -0.1) is 0 Å². The van der Waals surface area contributed by atoms with E-state index in [4.69, 9.17) is 10.9 Å². The van der Waals surface area contributed by atoms with Crippen molar-refractivity contribution in [2.24, 2.45) is 16.3 Å². The summed E-state index contributed by atoms with van der Waals surface area (Å²) in [6.07, 6.45) is 6.84. The predicted molar refractivity (Wildman–Crippen MR) is 82.2 cm³/mol. The standard InChI is InChI=1S/C15H28N4O2/c1-12(19-9-5-6-10-19)11-17-14(20)15(13(16)18-21)7-3-2-4-8-15/h12,21H,2-11H2,1H3,(H2,16,18)(H,17,20). The molecule has 0 aromatic carbocycles. The van der Waals surface area contributed by atoms with Crippen LogP contribution in [0, 0.1) is 5.41 Å². The van der Waals surface area contributed by atoms with Gasteiger partial charge < -0.3 is 16.3 Å². The third kappa shape index (κ3) is 3.48.